The average Bonchev–Trinajstić information content (AvgIpc) is 3.02. The molecule has 0 aliphatic carbocycles. The molecule has 0 saturated carbocycles. The summed E-state index contributed by atoms with van der Waals surface area (Å²) in [6.07, 6.45) is 2.87. The SMILES string of the molecule is CCCc1nc2ccccc2c(=O)n1/N=C/c1c(C)[nH]n(-c2ccc(C)cc2)c1=O. The molecule has 152 valence electrons. The minimum atomic E-state index is -0.243. The van der Waals surface area contributed by atoms with Crippen LogP contribution in [0.4, 0.5) is 0 Å². The molecule has 2 heterocycles. The van der Waals surface area contributed by atoms with Crippen LogP contribution in [0.2, 0.25) is 0 Å². The van der Waals surface area contributed by atoms with Gasteiger partial charge in [0, 0.05) is 12.1 Å². The monoisotopic (exact) mass is 401 g/mol. The lowest BCUT2D eigenvalue weighted by atomic mass is 10.2. The van der Waals surface area contributed by atoms with Gasteiger partial charge in [-0.1, -0.05) is 36.8 Å². The molecule has 0 spiro atoms. The second-order valence-electron chi connectivity index (χ2n) is 7.28. The summed E-state index contributed by atoms with van der Waals surface area (Å²) in [5.41, 5.74) is 3.11. The molecule has 0 unspecified atom stereocenters. The Morgan fingerprint density at radius 2 is 1.77 bits per heavy atom. The summed E-state index contributed by atoms with van der Waals surface area (Å²) >= 11 is 0. The molecule has 2 aromatic heterocycles. The predicted molar refractivity (Wildman–Crippen MR) is 119 cm³/mol. The van der Waals surface area contributed by atoms with Crippen molar-refractivity contribution < 1.29 is 0 Å². The lowest BCUT2D eigenvalue weighted by molar-refractivity contribution is 0.703. The molecule has 0 amide bonds. The normalized spacial score (nSPS) is 11.6. The van der Waals surface area contributed by atoms with E-state index >= 15 is 0 Å². The van der Waals surface area contributed by atoms with Crippen molar-refractivity contribution in [3.05, 3.63) is 91.9 Å². The summed E-state index contributed by atoms with van der Waals surface area (Å²) in [7, 11) is 0. The van der Waals surface area contributed by atoms with Gasteiger partial charge in [-0.25, -0.2) is 9.67 Å². The Labute approximate surface area is 173 Å². The number of nitrogens with one attached hydrogen (secondary N) is 1. The third-order valence-corrected chi connectivity index (χ3v) is 5.01. The zero-order valence-electron chi connectivity index (χ0n) is 17.2. The molecule has 4 aromatic rings. The molecule has 0 fully saturated rings. The molecule has 0 aliphatic heterocycles. The van der Waals surface area contributed by atoms with Crippen molar-refractivity contribution in [2.75, 3.05) is 0 Å². The first-order valence-electron chi connectivity index (χ1n) is 9.93. The summed E-state index contributed by atoms with van der Waals surface area (Å²) in [5, 5.41) is 7.95. The van der Waals surface area contributed by atoms with Gasteiger partial charge in [-0.15, -0.1) is 0 Å². The number of nitrogens with zero attached hydrogens (tertiary/aromatic N) is 4. The Kier molecular flexibility index (Phi) is 5.18. The van der Waals surface area contributed by atoms with E-state index in [0.717, 1.165) is 17.7 Å². The fourth-order valence-electron chi connectivity index (χ4n) is 3.38. The largest absolute Gasteiger partial charge is 0.295 e. The second kappa shape index (κ2) is 7.94. The molecule has 0 aliphatic rings. The first-order valence-corrected chi connectivity index (χ1v) is 9.93. The Balaban J connectivity index is 1.81. The molecule has 7 heteroatoms. The number of aryl methyl sites for hydroxylation is 3. The summed E-state index contributed by atoms with van der Waals surface area (Å²) in [6, 6.07) is 14.9. The van der Waals surface area contributed by atoms with E-state index in [1.807, 2.05) is 57.2 Å². The summed E-state index contributed by atoms with van der Waals surface area (Å²) in [5.74, 6) is 0.574. The highest BCUT2D eigenvalue weighted by molar-refractivity contribution is 5.81. The Morgan fingerprint density at radius 1 is 1.03 bits per heavy atom. The van der Waals surface area contributed by atoms with Crippen LogP contribution in [0.1, 0.15) is 36.0 Å². The van der Waals surface area contributed by atoms with Gasteiger partial charge in [-0.2, -0.15) is 9.78 Å². The van der Waals surface area contributed by atoms with Crippen molar-refractivity contribution in [1.82, 2.24) is 19.4 Å². The molecular formula is C23H23N5O2. The number of hydrogen-bond donors (Lipinski definition) is 1. The van der Waals surface area contributed by atoms with Crippen LogP contribution in [0.3, 0.4) is 0 Å². The fourth-order valence-corrected chi connectivity index (χ4v) is 3.38. The third-order valence-electron chi connectivity index (χ3n) is 5.01. The predicted octanol–water partition coefficient (Wildman–Crippen LogP) is 3.33. The minimum Gasteiger partial charge on any atom is -0.295 e. The number of fused-ring (bicyclic) bond motifs is 1. The van der Waals surface area contributed by atoms with E-state index in [9.17, 15) is 9.59 Å². The molecule has 0 atom stereocenters. The van der Waals surface area contributed by atoms with Crippen LogP contribution in [0.25, 0.3) is 16.6 Å². The van der Waals surface area contributed by atoms with E-state index in [1.54, 1.807) is 12.1 Å². The van der Waals surface area contributed by atoms with E-state index in [1.165, 1.54) is 15.6 Å². The molecular weight excluding hydrogens is 378 g/mol. The number of aromatic amines is 1. The molecule has 30 heavy (non-hydrogen) atoms. The van der Waals surface area contributed by atoms with Crippen molar-refractivity contribution in [3.63, 3.8) is 0 Å². The Hall–Kier alpha value is -3.74. The zero-order chi connectivity index (χ0) is 21.3. The second-order valence-corrected chi connectivity index (χ2v) is 7.28. The highest BCUT2D eigenvalue weighted by Crippen LogP contribution is 2.10. The Morgan fingerprint density at radius 3 is 2.50 bits per heavy atom. The van der Waals surface area contributed by atoms with E-state index in [4.69, 9.17) is 0 Å². The van der Waals surface area contributed by atoms with Gasteiger partial charge in [0.2, 0.25) is 0 Å². The summed E-state index contributed by atoms with van der Waals surface area (Å²) in [4.78, 5) is 30.5. The lowest BCUT2D eigenvalue weighted by Gasteiger charge is -2.07. The molecule has 7 nitrogen and oxygen atoms in total. The van der Waals surface area contributed by atoms with Gasteiger partial charge in [-0.05, 0) is 44.5 Å². The number of aromatic nitrogens is 4. The first-order chi connectivity index (χ1) is 14.5. The molecule has 0 saturated heterocycles. The number of H-pyrrole nitrogens is 1. The smallest absolute Gasteiger partial charge is 0.282 e. The van der Waals surface area contributed by atoms with Crippen LogP contribution in [-0.4, -0.2) is 25.7 Å². The molecule has 2 aromatic carbocycles. The van der Waals surface area contributed by atoms with Crippen LogP contribution in [0.15, 0.2) is 63.2 Å². The maximum Gasteiger partial charge on any atom is 0.282 e. The van der Waals surface area contributed by atoms with E-state index < -0.39 is 0 Å². The van der Waals surface area contributed by atoms with E-state index in [2.05, 4.69) is 15.2 Å². The van der Waals surface area contributed by atoms with Crippen LogP contribution < -0.4 is 11.1 Å². The van der Waals surface area contributed by atoms with Crippen LogP contribution in [-0.2, 0) is 6.42 Å². The third kappa shape index (κ3) is 3.50. The number of para-hydroxylation sites is 1. The highest BCUT2D eigenvalue weighted by Gasteiger charge is 2.13. The van der Waals surface area contributed by atoms with Crippen molar-refractivity contribution in [3.8, 4) is 5.69 Å². The maximum atomic E-state index is 13.0. The standard InChI is InChI=1S/C23H23N5O2/c1-4-7-21-25-20-9-6-5-8-18(20)22(29)28(21)24-14-19-16(3)26-27(23(19)30)17-12-10-15(2)11-13-17/h5-6,8-14,26H,4,7H2,1-3H3/b24-14+. The highest BCUT2D eigenvalue weighted by atomic mass is 16.1. The van der Waals surface area contributed by atoms with Crippen molar-refractivity contribution in [2.45, 2.75) is 33.6 Å². The Bertz CT molecular complexity index is 1360. The van der Waals surface area contributed by atoms with Crippen LogP contribution >= 0.6 is 0 Å². The number of benzene rings is 2. The van der Waals surface area contributed by atoms with E-state index in [0.29, 0.717) is 34.4 Å². The zero-order valence-corrected chi connectivity index (χ0v) is 17.2. The van der Waals surface area contributed by atoms with Gasteiger partial charge >= 0.3 is 0 Å². The maximum absolute atomic E-state index is 13.0. The summed E-state index contributed by atoms with van der Waals surface area (Å²) < 4.78 is 2.78. The van der Waals surface area contributed by atoms with Gasteiger partial charge in [0.25, 0.3) is 11.1 Å². The first kappa shape index (κ1) is 19.6. The van der Waals surface area contributed by atoms with Gasteiger partial charge in [0.1, 0.15) is 5.82 Å². The van der Waals surface area contributed by atoms with Gasteiger partial charge < -0.3 is 0 Å². The van der Waals surface area contributed by atoms with Crippen LogP contribution in [0.5, 0.6) is 0 Å². The van der Waals surface area contributed by atoms with Gasteiger partial charge in [0.05, 0.1) is 28.4 Å². The minimum absolute atomic E-state index is 0.223. The molecule has 0 radical (unpaired) electrons. The average molecular weight is 401 g/mol. The van der Waals surface area contributed by atoms with Crippen LogP contribution in [0, 0.1) is 13.8 Å². The lowest BCUT2D eigenvalue weighted by Crippen LogP contribution is -2.23. The van der Waals surface area contributed by atoms with Crippen molar-refractivity contribution in [1.29, 1.82) is 0 Å². The topological polar surface area (TPSA) is 85.0 Å². The quantitative estimate of drug-likeness (QED) is 0.521. The number of rotatable bonds is 5. The summed E-state index contributed by atoms with van der Waals surface area (Å²) in [6.45, 7) is 5.82. The van der Waals surface area contributed by atoms with Gasteiger partial charge in [0.15, 0.2) is 0 Å². The molecule has 0 bridgehead atoms. The van der Waals surface area contributed by atoms with E-state index in [-0.39, 0.29) is 11.1 Å². The van der Waals surface area contributed by atoms with Crippen molar-refractivity contribution >= 4 is 17.1 Å². The molecule has 1 N–H and O–H groups in total. The van der Waals surface area contributed by atoms with Crippen molar-refractivity contribution in [2.24, 2.45) is 5.10 Å². The fraction of sp³-hybridized carbons (Fsp3) is 0.217. The van der Waals surface area contributed by atoms with Gasteiger partial charge in [-0.3, -0.25) is 14.7 Å². The molecule has 4 rings (SSSR count). The number of hydrogen-bond acceptors (Lipinski definition) is 4.